The molecule has 16 nitrogen and oxygen atoms in total. The van der Waals surface area contributed by atoms with Crippen LogP contribution in [-0.4, -0.2) is 104 Å². The minimum Gasteiger partial charge on any atom is -0.476 e. The Morgan fingerprint density at radius 3 is 2.54 bits per heavy atom. The van der Waals surface area contributed by atoms with Crippen LogP contribution in [0.3, 0.4) is 0 Å². The number of nitro groups is 1. The number of imidazole rings is 1. The Bertz CT molecular complexity index is 2730. The summed E-state index contributed by atoms with van der Waals surface area (Å²) in [6.07, 6.45) is 10.7. The first kappa shape index (κ1) is 44.5. The van der Waals surface area contributed by atoms with Crippen LogP contribution >= 0.6 is 11.6 Å². The van der Waals surface area contributed by atoms with Gasteiger partial charge in [-0.25, -0.2) is 18.1 Å². The van der Waals surface area contributed by atoms with Crippen LogP contribution in [0.25, 0.3) is 11.4 Å². The molecule has 342 valence electrons. The third-order valence-electron chi connectivity index (χ3n) is 13.1. The van der Waals surface area contributed by atoms with Crippen molar-refractivity contribution in [3.63, 3.8) is 0 Å². The Kier molecular flexibility index (Phi) is 12.7. The van der Waals surface area contributed by atoms with E-state index in [4.69, 9.17) is 21.1 Å². The number of ether oxygens (including phenoxy) is 2. The van der Waals surface area contributed by atoms with Crippen molar-refractivity contribution in [2.24, 2.45) is 11.3 Å². The van der Waals surface area contributed by atoms with Gasteiger partial charge in [-0.3, -0.25) is 24.2 Å². The number of carbonyl (C=O) groups is 1. The number of nitrogens with one attached hydrogen (secondary N) is 2. The summed E-state index contributed by atoms with van der Waals surface area (Å²) in [5, 5.41) is 16.1. The number of hydrogen-bond acceptors (Lipinski definition) is 13. The van der Waals surface area contributed by atoms with Gasteiger partial charge >= 0.3 is 0 Å². The first-order chi connectivity index (χ1) is 31.3. The molecule has 9 rings (SSSR count). The van der Waals surface area contributed by atoms with E-state index < -0.39 is 31.4 Å². The molecule has 0 saturated carbocycles. The zero-order valence-electron chi connectivity index (χ0n) is 36.7. The lowest BCUT2D eigenvalue weighted by atomic mass is 9.72. The van der Waals surface area contributed by atoms with Gasteiger partial charge in [-0.05, 0) is 103 Å². The average Bonchev–Trinajstić information content (AvgIpc) is 3.66. The molecule has 2 saturated heterocycles. The van der Waals surface area contributed by atoms with Gasteiger partial charge in [0.1, 0.15) is 11.4 Å². The number of nitrogens with zero attached hydrogens (tertiary/aromatic N) is 7. The molecule has 0 radical (unpaired) electrons. The second kappa shape index (κ2) is 18.6. The van der Waals surface area contributed by atoms with E-state index in [1.165, 1.54) is 28.8 Å². The highest BCUT2D eigenvalue weighted by Crippen LogP contribution is 2.44. The lowest BCUT2D eigenvalue weighted by Gasteiger charge is -2.39. The molecule has 4 aliphatic rings. The van der Waals surface area contributed by atoms with Crippen LogP contribution in [0, 0.1) is 21.4 Å². The van der Waals surface area contributed by atoms with Crippen LogP contribution in [-0.2, 0) is 14.8 Å². The first-order valence-corrected chi connectivity index (χ1v) is 24.2. The summed E-state index contributed by atoms with van der Waals surface area (Å²) in [6.45, 7) is 11.3. The molecule has 5 aromatic rings. The maximum Gasteiger partial charge on any atom is 0.293 e. The van der Waals surface area contributed by atoms with Crippen LogP contribution in [0.4, 0.5) is 28.4 Å². The Morgan fingerprint density at radius 2 is 1.77 bits per heavy atom. The molecule has 65 heavy (non-hydrogen) atoms. The van der Waals surface area contributed by atoms with Gasteiger partial charge in [0.05, 0.1) is 27.7 Å². The monoisotopic (exact) mass is 923 g/mol. The standard InChI is InChI=1S/C47H54ClN9O7S/c1-47(2)15-12-34(39(28-47)33-4-6-35(48)7-5-33)30-53-19-21-54(22-20-53)36-8-10-38(41(26-36)56-17-3-23-64-45-43(56)31-55-18-16-49-46(55)51-45)44(58)52-65(61,62)37-9-11-40(42(27-37)57(59)60)50-29-32-13-24-63-25-14-32/h4-11,16,18,26-27,31-32,50H,3,12-15,17,19-25,28-30H2,1-2H3,(H,52,58). The summed E-state index contributed by atoms with van der Waals surface area (Å²) in [6, 6.07) is 17.3. The van der Waals surface area contributed by atoms with Gasteiger partial charge in [0.2, 0.25) is 11.7 Å². The number of piperazine rings is 1. The number of rotatable bonds is 12. The lowest BCUT2D eigenvalue weighted by molar-refractivity contribution is -0.384. The molecule has 3 aliphatic heterocycles. The number of fused-ring (bicyclic) bond motifs is 2. The van der Waals surface area contributed by atoms with Crippen molar-refractivity contribution in [3.8, 4) is 5.88 Å². The lowest BCUT2D eigenvalue weighted by Crippen LogP contribution is -2.47. The van der Waals surface area contributed by atoms with Crippen LogP contribution in [0.1, 0.15) is 68.3 Å². The number of anilines is 4. The topological polar surface area (TPSA) is 177 Å². The normalized spacial score (nSPS) is 18.5. The van der Waals surface area contributed by atoms with Gasteiger partial charge in [0, 0.05) is 94.4 Å². The molecule has 2 N–H and O–H groups in total. The number of amides is 1. The molecule has 3 aromatic carbocycles. The quantitative estimate of drug-likeness (QED) is 0.0912. The van der Waals surface area contributed by atoms with Gasteiger partial charge < -0.3 is 24.6 Å². The number of allylic oxidation sites excluding steroid dienone is 1. The molecule has 0 spiro atoms. The smallest absolute Gasteiger partial charge is 0.293 e. The van der Waals surface area contributed by atoms with Gasteiger partial charge in [-0.1, -0.05) is 43.2 Å². The Labute approximate surface area is 383 Å². The molecular formula is C47H54ClN9O7S. The van der Waals surface area contributed by atoms with E-state index in [1.54, 1.807) is 22.9 Å². The number of sulfonamides is 1. The van der Waals surface area contributed by atoms with Gasteiger partial charge in [0.25, 0.3) is 21.6 Å². The molecule has 1 aliphatic carbocycles. The molecule has 2 aromatic heterocycles. The highest BCUT2D eigenvalue weighted by Gasteiger charge is 2.32. The van der Waals surface area contributed by atoms with Crippen molar-refractivity contribution in [2.45, 2.75) is 57.3 Å². The van der Waals surface area contributed by atoms with Gasteiger partial charge in [-0.2, -0.15) is 4.98 Å². The van der Waals surface area contributed by atoms with E-state index in [1.807, 2.05) is 35.4 Å². The molecule has 2 fully saturated rings. The molecule has 18 heteroatoms. The Morgan fingerprint density at radius 1 is 0.985 bits per heavy atom. The first-order valence-electron chi connectivity index (χ1n) is 22.3. The van der Waals surface area contributed by atoms with Crippen molar-refractivity contribution in [1.82, 2.24) is 24.0 Å². The molecule has 0 atom stereocenters. The number of nitro benzene ring substituents is 1. The molecular weight excluding hydrogens is 870 g/mol. The average molecular weight is 925 g/mol. The number of hydrogen-bond donors (Lipinski definition) is 2. The summed E-state index contributed by atoms with van der Waals surface area (Å²) in [5.41, 5.74) is 6.17. The van der Waals surface area contributed by atoms with Gasteiger partial charge in [-0.15, -0.1) is 0 Å². The Balaban J connectivity index is 0.986. The Hall–Kier alpha value is -5.75. The van der Waals surface area contributed by atoms with Crippen LogP contribution in [0.15, 0.2) is 89.7 Å². The van der Waals surface area contributed by atoms with E-state index >= 15 is 0 Å². The summed E-state index contributed by atoms with van der Waals surface area (Å²) in [4.78, 5) is 41.3. The fourth-order valence-corrected chi connectivity index (χ4v) is 10.4. The van der Waals surface area contributed by atoms with E-state index in [9.17, 15) is 23.3 Å². The third kappa shape index (κ3) is 9.93. The predicted molar refractivity (Wildman–Crippen MR) is 251 cm³/mol. The minimum atomic E-state index is -4.57. The number of benzene rings is 3. The van der Waals surface area contributed by atoms with Crippen molar-refractivity contribution in [3.05, 3.63) is 111 Å². The predicted octanol–water partition coefficient (Wildman–Crippen LogP) is 7.95. The van der Waals surface area contributed by atoms with Crippen molar-refractivity contribution in [2.75, 3.05) is 80.8 Å². The number of carbonyl (C=O) groups excluding carboxylic acids is 1. The zero-order chi connectivity index (χ0) is 45.3. The third-order valence-corrected chi connectivity index (χ3v) is 14.6. The molecule has 0 unspecified atom stereocenters. The van der Waals surface area contributed by atoms with Crippen LogP contribution in [0.2, 0.25) is 5.02 Å². The highest BCUT2D eigenvalue weighted by molar-refractivity contribution is 7.90. The van der Waals surface area contributed by atoms with Crippen LogP contribution in [0.5, 0.6) is 5.88 Å². The van der Waals surface area contributed by atoms with Crippen LogP contribution < -0.4 is 24.6 Å². The SMILES string of the molecule is CC1(C)CCC(CN2CCN(c3ccc(C(=O)NS(=O)(=O)c4ccc(NCC5CCOCC5)c([N+](=O)[O-])c4)c(N4CCCOc5nc6nccn6cc54)c3)CC2)=C(c2ccc(Cl)cc2)C1. The van der Waals surface area contributed by atoms with E-state index in [-0.39, 0.29) is 22.6 Å². The number of aromatic nitrogens is 3. The maximum atomic E-state index is 14.4. The summed E-state index contributed by atoms with van der Waals surface area (Å²) >= 11 is 6.27. The summed E-state index contributed by atoms with van der Waals surface area (Å²) < 4.78 is 43.4. The second-order valence-corrected chi connectivity index (χ2v) is 20.2. The van der Waals surface area contributed by atoms with Gasteiger partial charge in [0.15, 0.2) is 0 Å². The van der Waals surface area contributed by atoms with Crippen molar-refractivity contribution >= 4 is 67.3 Å². The molecule has 0 bridgehead atoms. The largest absolute Gasteiger partial charge is 0.476 e. The molecule has 1 amide bonds. The zero-order valence-corrected chi connectivity index (χ0v) is 38.2. The molecule has 5 heterocycles. The van der Waals surface area contributed by atoms with Crippen molar-refractivity contribution in [1.29, 1.82) is 0 Å². The fourth-order valence-electron chi connectivity index (χ4n) is 9.33. The van der Waals surface area contributed by atoms with E-state index in [0.717, 1.165) is 81.6 Å². The van der Waals surface area contributed by atoms with E-state index in [0.29, 0.717) is 62.4 Å². The van der Waals surface area contributed by atoms with Crippen molar-refractivity contribution < 1.29 is 27.6 Å². The summed E-state index contributed by atoms with van der Waals surface area (Å²) in [7, 11) is -4.57. The second-order valence-electron chi connectivity index (χ2n) is 18.1. The summed E-state index contributed by atoms with van der Waals surface area (Å²) in [5.74, 6) is 0.181. The number of halogens is 1. The minimum absolute atomic E-state index is 0.0978. The highest BCUT2D eigenvalue weighted by atomic mass is 35.5. The fraction of sp³-hybridized carbons (Fsp3) is 0.426. The maximum absolute atomic E-state index is 14.4. The van der Waals surface area contributed by atoms with E-state index in [2.05, 4.69) is 55.8 Å².